The number of fused-ring (bicyclic) bond motifs is 2. The Morgan fingerprint density at radius 3 is 1.98 bits per heavy atom. The third-order valence-corrected chi connectivity index (χ3v) is 6.05. The number of carboxylic acids is 1. The van der Waals surface area contributed by atoms with Crippen molar-refractivity contribution in [1.82, 2.24) is 5.32 Å². The van der Waals surface area contributed by atoms with Crippen molar-refractivity contribution < 1.29 is 37.5 Å². The molecule has 8 nitrogen and oxygen atoms in total. The van der Waals surface area contributed by atoms with Crippen LogP contribution in [0.4, 0.5) is 18.9 Å². The Bertz CT molecular complexity index is 1380. The lowest BCUT2D eigenvalue weighted by molar-refractivity contribution is -0.192. The van der Waals surface area contributed by atoms with Gasteiger partial charge in [-0.3, -0.25) is 14.4 Å². The van der Waals surface area contributed by atoms with Gasteiger partial charge in [-0.15, -0.1) is 0 Å². The number of hydrogen-bond donors (Lipinski definition) is 4. The number of halogens is 3. The highest BCUT2D eigenvalue weighted by Gasteiger charge is 2.38. The second kappa shape index (κ2) is 13.5. The Labute approximate surface area is 228 Å². The van der Waals surface area contributed by atoms with E-state index in [0.717, 1.165) is 18.4 Å². The van der Waals surface area contributed by atoms with Gasteiger partial charge >= 0.3 is 12.1 Å². The molecule has 0 spiro atoms. The number of hydrogen-bond acceptors (Lipinski definition) is 6. The Morgan fingerprint density at radius 2 is 1.35 bits per heavy atom. The van der Waals surface area contributed by atoms with E-state index < -0.39 is 18.2 Å². The first-order chi connectivity index (χ1) is 19.0. The summed E-state index contributed by atoms with van der Waals surface area (Å²) in [6.07, 6.45) is -3.03. The highest BCUT2D eigenvalue weighted by Crippen LogP contribution is 2.31. The van der Waals surface area contributed by atoms with Gasteiger partial charge in [0.05, 0.1) is 11.6 Å². The maximum atomic E-state index is 13.0. The zero-order valence-electron chi connectivity index (χ0n) is 21.3. The third kappa shape index (κ3) is 7.76. The zero-order valence-corrected chi connectivity index (χ0v) is 21.3. The monoisotopic (exact) mass is 555 g/mol. The van der Waals surface area contributed by atoms with Gasteiger partial charge in [-0.1, -0.05) is 66.7 Å². The van der Waals surface area contributed by atoms with Crippen molar-refractivity contribution in [3.63, 3.8) is 0 Å². The average Bonchev–Trinajstić information content (AvgIpc) is 2.93. The summed E-state index contributed by atoms with van der Waals surface area (Å²) in [6, 6.07) is 21.4. The summed E-state index contributed by atoms with van der Waals surface area (Å²) in [6.45, 7) is 1.15. The van der Waals surface area contributed by atoms with E-state index in [1.165, 1.54) is 0 Å². The first kappa shape index (κ1) is 30.0. The number of alkyl halides is 3. The summed E-state index contributed by atoms with van der Waals surface area (Å²) in [7, 11) is 0. The van der Waals surface area contributed by atoms with Gasteiger partial charge in [-0.05, 0) is 30.9 Å². The minimum Gasteiger partial charge on any atom is -0.475 e. The zero-order chi connectivity index (χ0) is 29.3. The van der Waals surface area contributed by atoms with Crippen LogP contribution in [0.1, 0.15) is 50.2 Å². The van der Waals surface area contributed by atoms with Crippen LogP contribution in [0.3, 0.4) is 0 Å². The van der Waals surface area contributed by atoms with E-state index in [1.54, 1.807) is 36.4 Å². The van der Waals surface area contributed by atoms with Crippen molar-refractivity contribution >= 4 is 29.1 Å². The van der Waals surface area contributed by atoms with E-state index in [0.29, 0.717) is 47.5 Å². The average molecular weight is 556 g/mol. The normalized spacial score (nSPS) is 12.8. The van der Waals surface area contributed by atoms with Gasteiger partial charge in [0.25, 0.3) is 0 Å². The number of benzene rings is 3. The molecule has 0 aliphatic heterocycles. The van der Waals surface area contributed by atoms with Crippen LogP contribution in [-0.4, -0.2) is 53.9 Å². The van der Waals surface area contributed by atoms with Crippen molar-refractivity contribution in [2.24, 2.45) is 5.73 Å². The molecule has 1 amide bonds. The van der Waals surface area contributed by atoms with Gasteiger partial charge in [0.15, 0.2) is 11.6 Å². The molecule has 11 heteroatoms. The minimum atomic E-state index is -5.08. The highest BCUT2D eigenvalue weighted by atomic mass is 19.4. The van der Waals surface area contributed by atoms with Crippen molar-refractivity contribution in [2.45, 2.75) is 31.5 Å². The van der Waals surface area contributed by atoms with Crippen molar-refractivity contribution in [2.75, 3.05) is 18.4 Å². The summed E-state index contributed by atoms with van der Waals surface area (Å²) in [5.74, 6) is -3.18. The Morgan fingerprint density at radius 1 is 0.800 bits per heavy atom. The number of anilines is 1. The topological polar surface area (TPSA) is 139 Å². The van der Waals surface area contributed by atoms with Gasteiger partial charge in [0.2, 0.25) is 5.91 Å². The molecule has 0 saturated carbocycles. The van der Waals surface area contributed by atoms with Crippen LogP contribution in [-0.2, 0) is 16.0 Å². The molecule has 0 fully saturated rings. The lowest BCUT2D eigenvalue weighted by Gasteiger charge is -2.20. The van der Waals surface area contributed by atoms with Crippen LogP contribution < -0.4 is 16.4 Å². The summed E-state index contributed by atoms with van der Waals surface area (Å²) in [4.78, 5) is 47.0. The molecule has 0 unspecified atom stereocenters. The van der Waals surface area contributed by atoms with Gasteiger partial charge in [-0.2, -0.15) is 13.2 Å². The summed E-state index contributed by atoms with van der Waals surface area (Å²) < 4.78 is 31.7. The second-order valence-electron chi connectivity index (χ2n) is 8.96. The molecule has 0 saturated heterocycles. The number of nitrogens with one attached hydrogen (secondary N) is 2. The molecule has 3 aromatic carbocycles. The van der Waals surface area contributed by atoms with E-state index in [2.05, 4.69) is 10.6 Å². The molecule has 1 aliphatic rings. The van der Waals surface area contributed by atoms with Gasteiger partial charge in [0, 0.05) is 35.5 Å². The number of carbonyl (C=O) groups is 4. The van der Waals surface area contributed by atoms with E-state index in [9.17, 15) is 27.6 Å². The van der Waals surface area contributed by atoms with Crippen LogP contribution >= 0.6 is 0 Å². The van der Waals surface area contributed by atoms with Gasteiger partial charge < -0.3 is 21.5 Å². The molecule has 1 atom stereocenters. The van der Waals surface area contributed by atoms with Crippen molar-refractivity contribution in [3.05, 3.63) is 101 Å². The fourth-order valence-electron chi connectivity index (χ4n) is 4.07. The number of carbonyl (C=O) groups excluding carboxylic acids is 3. The predicted molar refractivity (Wildman–Crippen MR) is 142 cm³/mol. The number of unbranched alkanes of at least 4 members (excludes halogenated alkanes) is 1. The molecule has 0 aromatic heterocycles. The van der Waals surface area contributed by atoms with E-state index in [1.807, 2.05) is 36.4 Å². The molecule has 40 heavy (non-hydrogen) atoms. The number of amides is 1. The summed E-state index contributed by atoms with van der Waals surface area (Å²) >= 11 is 0. The Kier molecular flexibility index (Phi) is 10.2. The van der Waals surface area contributed by atoms with Gasteiger partial charge in [-0.25, -0.2) is 4.79 Å². The van der Waals surface area contributed by atoms with Crippen molar-refractivity contribution in [1.29, 1.82) is 0 Å². The van der Waals surface area contributed by atoms with E-state index >= 15 is 0 Å². The Hall–Kier alpha value is -4.51. The standard InChI is InChI=1S/C27H27N3O3.C2HF3O2/c28-22(17-18-9-2-1-3-10-18)27(33)30-16-7-6-15-29-23-14-8-13-21-24(23)26(32)20-12-5-4-11-19(20)25(21)31;3-2(4,5)1(6)7/h1-5,8-14,22,29H,6-7,15-17,28H2,(H,30,33);(H,6,7)/t22-;/m1./s1. The maximum Gasteiger partial charge on any atom is 0.490 e. The molecular weight excluding hydrogens is 527 g/mol. The molecule has 0 bridgehead atoms. The number of aliphatic carboxylic acids is 1. The van der Waals surface area contributed by atoms with Crippen LogP contribution in [0.5, 0.6) is 0 Å². The summed E-state index contributed by atoms with van der Waals surface area (Å²) in [5.41, 5.74) is 9.46. The fraction of sp³-hybridized carbons (Fsp3) is 0.241. The number of rotatable bonds is 9. The molecule has 210 valence electrons. The molecule has 5 N–H and O–H groups in total. The molecule has 1 aliphatic carbocycles. The van der Waals surface area contributed by atoms with Crippen LogP contribution in [0.15, 0.2) is 72.8 Å². The lowest BCUT2D eigenvalue weighted by Crippen LogP contribution is -2.42. The molecule has 4 rings (SSSR count). The highest BCUT2D eigenvalue weighted by molar-refractivity contribution is 6.30. The minimum absolute atomic E-state index is 0.126. The molecular formula is C29H28F3N3O5. The maximum absolute atomic E-state index is 13.0. The Balaban J connectivity index is 0.000000559. The quantitative estimate of drug-likeness (QED) is 0.229. The van der Waals surface area contributed by atoms with Crippen LogP contribution in [0.2, 0.25) is 0 Å². The SMILES string of the molecule is N[C@H](Cc1ccccc1)C(=O)NCCCCNc1cccc2c1C(=O)c1ccccc1C2=O.O=C(O)C(F)(F)F. The first-order valence-electron chi connectivity index (χ1n) is 12.4. The molecule has 3 aromatic rings. The summed E-state index contributed by atoms with van der Waals surface area (Å²) in [5, 5.41) is 13.3. The van der Waals surface area contributed by atoms with Crippen LogP contribution in [0, 0.1) is 0 Å². The largest absolute Gasteiger partial charge is 0.490 e. The molecule has 0 radical (unpaired) electrons. The number of nitrogens with two attached hydrogens (primary N) is 1. The number of carboxylic acid groups (broad SMARTS) is 1. The fourth-order valence-corrected chi connectivity index (χ4v) is 4.07. The lowest BCUT2D eigenvalue weighted by atomic mass is 9.83. The predicted octanol–water partition coefficient (Wildman–Crippen LogP) is 3.97. The first-order valence-corrected chi connectivity index (χ1v) is 12.4. The van der Waals surface area contributed by atoms with Crippen LogP contribution in [0.25, 0.3) is 0 Å². The van der Waals surface area contributed by atoms with Crippen molar-refractivity contribution in [3.8, 4) is 0 Å². The van der Waals surface area contributed by atoms with E-state index in [-0.39, 0.29) is 17.5 Å². The third-order valence-electron chi connectivity index (χ3n) is 6.05. The molecule has 0 heterocycles. The smallest absolute Gasteiger partial charge is 0.475 e. The number of ketones is 2. The second-order valence-corrected chi connectivity index (χ2v) is 8.96. The van der Waals surface area contributed by atoms with Gasteiger partial charge in [0.1, 0.15) is 0 Å². The van der Waals surface area contributed by atoms with E-state index in [4.69, 9.17) is 15.6 Å².